The number of likely N-dealkylation sites (tertiary alicyclic amines) is 1. The van der Waals surface area contributed by atoms with Crippen LogP contribution in [0.2, 0.25) is 0 Å². The summed E-state index contributed by atoms with van der Waals surface area (Å²) in [5.41, 5.74) is 1.17. The molecule has 0 N–H and O–H groups in total. The van der Waals surface area contributed by atoms with Gasteiger partial charge in [0.25, 0.3) is 5.91 Å². The average molecular weight is 365 g/mol. The summed E-state index contributed by atoms with van der Waals surface area (Å²) < 4.78 is 25.0. The average Bonchev–Trinajstić information content (AvgIpc) is 3.17. The quantitative estimate of drug-likeness (QED) is 0.831. The highest BCUT2D eigenvalue weighted by atomic mass is 32.2. The van der Waals surface area contributed by atoms with Crippen LogP contribution in [0.3, 0.4) is 0 Å². The predicted molar refractivity (Wildman–Crippen MR) is 91.9 cm³/mol. The van der Waals surface area contributed by atoms with Gasteiger partial charge < -0.3 is 4.90 Å². The normalized spacial score (nSPS) is 15.0. The fraction of sp³-hybridized carbons (Fsp3) is 0.438. The van der Waals surface area contributed by atoms with Gasteiger partial charge in [-0.3, -0.25) is 4.79 Å². The van der Waals surface area contributed by atoms with Crippen molar-refractivity contribution in [2.24, 2.45) is 0 Å². The molecule has 0 aliphatic carbocycles. The fourth-order valence-electron chi connectivity index (χ4n) is 2.75. The van der Waals surface area contributed by atoms with Gasteiger partial charge in [0, 0.05) is 24.2 Å². The van der Waals surface area contributed by atoms with E-state index in [9.17, 15) is 13.2 Å². The van der Waals surface area contributed by atoms with Gasteiger partial charge in [-0.15, -0.1) is 11.3 Å². The smallest absolute Gasteiger partial charge is 0.255 e. The van der Waals surface area contributed by atoms with Crippen LogP contribution >= 0.6 is 11.3 Å². The summed E-state index contributed by atoms with van der Waals surface area (Å²) in [6.07, 6.45) is 3.39. The van der Waals surface area contributed by atoms with Gasteiger partial charge in [0.15, 0.2) is 5.03 Å². The van der Waals surface area contributed by atoms with E-state index >= 15 is 0 Å². The second kappa shape index (κ2) is 6.60. The number of aromatic nitrogens is 2. The van der Waals surface area contributed by atoms with Crippen LogP contribution in [0.4, 0.5) is 0 Å². The molecule has 0 saturated carbocycles. The molecular formula is C16H19N3O3S2. The third-order valence-electron chi connectivity index (χ3n) is 4.02. The zero-order chi connectivity index (χ0) is 17.3. The molecule has 128 valence electrons. The van der Waals surface area contributed by atoms with E-state index in [2.05, 4.69) is 9.97 Å². The summed E-state index contributed by atoms with van der Waals surface area (Å²) in [5.74, 6) is -0.200. The van der Waals surface area contributed by atoms with Gasteiger partial charge in [-0.05, 0) is 38.8 Å². The van der Waals surface area contributed by atoms with Crippen molar-refractivity contribution in [1.82, 2.24) is 14.9 Å². The molecule has 0 bridgehead atoms. The number of hydrogen-bond acceptors (Lipinski definition) is 6. The van der Waals surface area contributed by atoms with Crippen LogP contribution in [0.15, 0.2) is 23.4 Å². The lowest BCUT2D eigenvalue weighted by atomic mass is 10.2. The minimum atomic E-state index is -3.55. The van der Waals surface area contributed by atoms with Crippen molar-refractivity contribution in [3.8, 4) is 0 Å². The zero-order valence-corrected chi connectivity index (χ0v) is 15.3. The second-order valence-corrected chi connectivity index (χ2v) is 9.11. The van der Waals surface area contributed by atoms with E-state index in [1.807, 2.05) is 6.92 Å². The molecule has 0 spiro atoms. The number of aryl methyl sites for hydroxylation is 2. The Morgan fingerprint density at radius 3 is 2.50 bits per heavy atom. The molecule has 2 aromatic heterocycles. The number of carbonyl (C=O) groups excluding carboxylic acids is 1. The topological polar surface area (TPSA) is 80.2 Å². The highest BCUT2D eigenvalue weighted by Crippen LogP contribution is 2.23. The van der Waals surface area contributed by atoms with Gasteiger partial charge in [0.1, 0.15) is 0 Å². The SMILES string of the molecule is Cc1nc(C)c(CS(=O)(=O)c2ccc(C(=O)N3CCCC3)cn2)s1. The number of amides is 1. The number of rotatable bonds is 4. The van der Waals surface area contributed by atoms with E-state index in [0.717, 1.165) is 41.5 Å². The highest BCUT2D eigenvalue weighted by Gasteiger charge is 2.23. The molecule has 1 amide bonds. The van der Waals surface area contributed by atoms with Crippen molar-refractivity contribution in [3.63, 3.8) is 0 Å². The largest absolute Gasteiger partial charge is 0.339 e. The standard InChI is InChI=1S/C16H19N3O3S2/c1-11-14(23-12(2)18-11)10-24(21,22)15-6-5-13(9-17-15)16(20)19-7-3-4-8-19/h5-6,9H,3-4,7-8,10H2,1-2H3. The van der Waals surface area contributed by atoms with E-state index in [1.165, 1.54) is 23.6 Å². The van der Waals surface area contributed by atoms with Crippen LogP contribution in [0.25, 0.3) is 0 Å². The number of nitrogens with zero attached hydrogens (tertiary/aromatic N) is 3. The van der Waals surface area contributed by atoms with Crippen molar-refractivity contribution >= 4 is 27.1 Å². The molecule has 1 fully saturated rings. The Kier molecular flexibility index (Phi) is 4.69. The molecule has 3 rings (SSSR count). The summed E-state index contributed by atoms with van der Waals surface area (Å²) in [5, 5.41) is 0.836. The molecule has 24 heavy (non-hydrogen) atoms. The van der Waals surface area contributed by atoms with E-state index in [1.54, 1.807) is 17.9 Å². The van der Waals surface area contributed by atoms with E-state index in [-0.39, 0.29) is 16.7 Å². The van der Waals surface area contributed by atoms with Crippen LogP contribution in [0, 0.1) is 13.8 Å². The second-order valence-electron chi connectivity index (χ2n) is 5.88. The summed E-state index contributed by atoms with van der Waals surface area (Å²) in [4.78, 5) is 23.1. The first-order valence-corrected chi connectivity index (χ1v) is 10.2. The van der Waals surface area contributed by atoms with Crippen LogP contribution in [0.1, 0.15) is 38.8 Å². The Morgan fingerprint density at radius 1 is 1.25 bits per heavy atom. The van der Waals surface area contributed by atoms with Gasteiger partial charge in [-0.25, -0.2) is 18.4 Å². The van der Waals surface area contributed by atoms with E-state index < -0.39 is 9.84 Å². The lowest BCUT2D eigenvalue weighted by molar-refractivity contribution is 0.0792. The van der Waals surface area contributed by atoms with Crippen molar-refractivity contribution < 1.29 is 13.2 Å². The van der Waals surface area contributed by atoms with Crippen molar-refractivity contribution in [1.29, 1.82) is 0 Å². The molecule has 0 radical (unpaired) electrons. The first-order valence-electron chi connectivity index (χ1n) is 7.78. The van der Waals surface area contributed by atoms with Crippen molar-refractivity contribution in [2.75, 3.05) is 13.1 Å². The van der Waals surface area contributed by atoms with Crippen molar-refractivity contribution in [3.05, 3.63) is 39.5 Å². The Bertz CT molecular complexity index is 851. The summed E-state index contributed by atoms with van der Waals surface area (Å²) in [7, 11) is -3.55. The molecule has 6 nitrogen and oxygen atoms in total. The first kappa shape index (κ1) is 17.0. The van der Waals surface area contributed by atoms with Crippen LogP contribution < -0.4 is 0 Å². The molecule has 1 aliphatic heterocycles. The first-order chi connectivity index (χ1) is 11.4. The Balaban J connectivity index is 1.79. The molecule has 1 aliphatic rings. The summed E-state index contributed by atoms with van der Waals surface area (Å²) >= 11 is 1.38. The highest BCUT2D eigenvalue weighted by molar-refractivity contribution is 7.90. The van der Waals surface area contributed by atoms with Crippen LogP contribution in [-0.4, -0.2) is 42.3 Å². The predicted octanol–water partition coefficient (Wildman–Crippen LogP) is 2.36. The number of thiazole rings is 1. The maximum absolute atomic E-state index is 12.5. The molecule has 3 heterocycles. The monoisotopic (exact) mass is 365 g/mol. The molecule has 1 saturated heterocycles. The number of pyridine rings is 1. The van der Waals surface area contributed by atoms with Gasteiger partial charge in [0.05, 0.1) is 22.0 Å². The lowest BCUT2D eigenvalue weighted by Crippen LogP contribution is -2.27. The number of hydrogen-bond donors (Lipinski definition) is 0. The third-order valence-corrected chi connectivity index (χ3v) is 6.82. The van der Waals surface area contributed by atoms with E-state index in [0.29, 0.717) is 5.56 Å². The minimum absolute atomic E-state index is 0.00840. The molecule has 8 heteroatoms. The van der Waals surface area contributed by atoms with Gasteiger partial charge in [-0.1, -0.05) is 0 Å². The maximum atomic E-state index is 12.5. The Morgan fingerprint density at radius 2 is 1.96 bits per heavy atom. The molecular weight excluding hydrogens is 346 g/mol. The summed E-state index contributed by atoms with van der Waals surface area (Å²) in [6.45, 7) is 5.16. The van der Waals surface area contributed by atoms with Gasteiger partial charge in [-0.2, -0.15) is 0 Å². The zero-order valence-electron chi connectivity index (χ0n) is 13.7. The van der Waals surface area contributed by atoms with Crippen LogP contribution in [-0.2, 0) is 15.6 Å². The molecule has 0 atom stereocenters. The van der Waals surface area contributed by atoms with Gasteiger partial charge >= 0.3 is 0 Å². The number of carbonyl (C=O) groups is 1. The summed E-state index contributed by atoms with van der Waals surface area (Å²) in [6, 6.07) is 2.97. The minimum Gasteiger partial charge on any atom is -0.339 e. The molecule has 0 unspecified atom stereocenters. The molecule has 2 aromatic rings. The Labute approximate surface area is 145 Å². The Hall–Kier alpha value is -1.80. The lowest BCUT2D eigenvalue weighted by Gasteiger charge is -2.14. The third kappa shape index (κ3) is 3.49. The van der Waals surface area contributed by atoms with Gasteiger partial charge in [0.2, 0.25) is 9.84 Å². The van der Waals surface area contributed by atoms with Crippen molar-refractivity contribution in [2.45, 2.75) is 37.5 Å². The fourth-order valence-corrected chi connectivity index (χ4v) is 5.37. The van der Waals surface area contributed by atoms with Crippen LogP contribution in [0.5, 0.6) is 0 Å². The maximum Gasteiger partial charge on any atom is 0.255 e. The number of sulfone groups is 1. The molecule has 0 aromatic carbocycles. The van der Waals surface area contributed by atoms with E-state index in [4.69, 9.17) is 0 Å².